The van der Waals surface area contributed by atoms with Gasteiger partial charge in [0.2, 0.25) is 0 Å². The van der Waals surface area contributed by atoms with Crippen LogP contribution in [0.5, 0.6) is 5.75 Å². The van der Waals surface area contributed by atoms with E-state index in [1.165, 1.54) is 25.6 Å². The van der Waals surface area contributed by atoms with Gasteiger partial charge < -0.3 is 25.6 Å². The molecule has 0 unspecified atom stereocenters. The molecule has 1 aliphatic carbocycles. The van der Waals surface area contributed by atoms with E-state index >= 15 is 0 Å². The van der Waals surface area contributed by atoms with E-state index in [0.717, 1.165) is 0 Å². The number of benzene rings is 1. The molecule has 2 aliphatic rings. The highest BCUT2D eigenvalue weighted by Gasteiger charge is 2.35. The Morgan fingerprint density at radius 2 is 2.10 bits per heavy atom. The molecule has 2 aromatic rings. The lowest BCUT2D eigenvalue weighted by Crippen LogP contribution is -2.36. The van der Waals surface area contributed by atoms with Gasteiger partial charge in [0.25, 0.3) is 5.91 Å². The lowest BCUT2D eigenvalue weighted by Gasteiger charge is -2.20. The molecule has 10 heteroatoms. The van der Waals surface area contributed by atoms with Crippen LogP contribution in [-0.2, 0) is 17.9 Å². The number of rotatable bonds is 6. The van der Waals surface area contributed by atoms with E-state index in [-0.39, 0.29) is 18.8 Å². The predicted molar refractivity (Wildman–Crippen MR) is 110 cm³/mol. The average Bonchev–Trinajstić information content (AvgIpc) is 3.31. The summed E-state index contributed by atoms with van der Waals surface area (Å²) in [5, 5.41) is 25.8. The van der Waals surface area contributed by atoms with E-state index in [1.54, 1.807) is 6.92 Å². The number of nitrogens with zero attached hydrogens (tertiary/aromatic N) is 3. The number of methoxy groups -OCH3 is 1. The summed E-state index contributed by atoms with van der Waals surface area (Å²) in [6, 6.07) is 2.29. The molecular weight excluding hydrogens is 405 g/mol. The molecule has 0 saturated heterocycles. The first kappa shape index (κ1) is 21.1. The monoisotopic (exact) mass is 429 g/mol. The number of aryl methyl sites for hydroxylation is 1. The van der Waals surface area contributed by atoms with Crippen molar-refractivity contribution in [3.8, 4) is 5.75 Å². The van der Waals surface area contributed by atoms with Crippen molar-refractivity contribution in [2.24, 2.45) is 4.99 Å². The summed E-state index contributed by atoms with van der Waals surface area (Å²) in [5.74, 6) is 0.0273. The summed E-state index contributed by atoms with van der Waals surface area (Å²) in [4.78, 5) is 25.6. The van der Waals surface area contributed by atoms with Crippen LogP contribution >= 0.6 is 0 Å². The van der Waals surface area contributed by atoms with Crippen LogP contribution in [-0.4, -0.2) is 57.2 Å². The number of hydrogen-bond donors (Lipinski definition) is 4. The molecule has 1 amide bonds. The van der Waals surface area contributed by atoms with E-state index in [0.29, 0.717) is 46.8 Å². The zero-order chi connectivity index (χ0) is 22.1. The second kappa shape index (κ2) is 8.56. The van der Waals surface area contributed by atoms with Gasteiger partial charge in [-0.3, -0.25) is 9.79 Å². The number of aliphatic hydroxyl groups is 2. The first-order valence-electron chi connectivity index (χ1n) is 10.0. The van der Waals surface area contributed by atoms with Crippen molar-refractivity contribution in [2.45, 2.75) is 51.1 Å². The predicted octanol–water partition coefficient (Wildman–Crippen LogP) is 0.848. The molecule has 4 rings (SSSR count). The molecule has 164 valence electrons. The summed E-state index contributed by atoms with van der Waals surface area (Å²) >= 11 is 0. The Morgan fingerprint density at radius 3 is 2.81 bits per heavy atom. The van der Waals surface area contributed by atoms with Gasteiger partial charge in [-0.15, -0.1) is 0 Å². The molecule has 1 fully saturated rings. The highest BCUT2D eigenvalue weighted by Crippen LogP contribution is 2.28. The van der Waals surface area contributed by atoms with E-state index in [9.17, 15) is 19.4 Å². The van der Waals surface area contributed by atoms with Crippen molar-refractivity contribution in [3.63, 3.8) is 0 Å². The van der Waals surface area contributed by atoms with Gasteiger partial charge in [0, 0.05) is 12.1 Å². The van der Waals surface area contributed by atoms with Gasteiger partial charge in [-0.1, -0.05) is 0 Å². The summed E-state index contributed by atoms with van der Waals surface area (Å²) in [5.41, 5.74) is 2.37. The average molecular weight is 429 g/mol. The van der Waals surface area contributed by atoms with Crippen LogP contribution in [0.25, 0.3) is 0 Å². The zero-order valence-electron chi connectivity index (χ0n) is 17.2. The summed E-state index contributed by atoms with van der Waals surface area (Å²) in [7, 11) is 1.49. The van der Waals surface area contributed by atoms with Gasteiger partial charge in [0.15, 0.2) is 0 Å². The van der Waals surface area contributed by atoms with Crippen LogP contribution in [0.15, 0.2) is 23.5 Å². The van der Waals surface area contributed by atoms with Crippen molar-refractivity contribution in [2.75, 3.05) is 12.4 Å². The fourth-order valence-corrected chi connectivity index (χ4v) is 4.09. The molecule has 0 spiro atoms. The number of anilines is 1. The smallest absolute Gasteiger partial charge is 0.270 e. The third-order valence-electron chi connectivity index (χ3n) is 5.63. The number of hydrogen-bond acceptors (Lipinski definition) is 8. The van der Waals surface area contributed by atoms with Crippen LogP contribution < -0.4 is 15.4 Å². The highest BCUT2D eigenvalue weighted by molar-refractivity contribution is 6.47. The largest absolute Gasteiger partial charge is 0.496 e. The normalized spacial score (nSPS) is 22.1. The molecule has 0 radical (unpaired) electrons. The first-order valence-corrected chi connectivity index (χ1v) is 10.0. The van der Waals surface area contributed by atoms with Gasteiger partial charge in [-0.25, -0.2) is 14.4 Å². The molecule has 4 N–H and O–H groups in total. The third-order valence-corrected chi connectivity index (χ3v) is 5.63. The number of amides is 1. The summed E-state index contributed by atoms with van der Waals surface area (Å²) < 4.78 is 19.2. The van der Waals surface area contributed by atoms with Crippen molar-refractivity contribution in [3.05, 3.63) is 46.7 Å². The minimum Gasteiger partial charge on any atom is -0.496 e. The number of fused-ring (bicyclic) bond motifs is 1. The number of nitrogens with one attached hydrogen (secondary N) is 2. The van der Waals surface area contributed by atoms with E-state index in [1.807, 2.05) is 0 Å². The Balaban J connectivity index is 1.53. The molecule has 3 atom stereocenters. The Labute approximate surface area is 178 Å². The second-order valence-corrected chi connectivity index (χ2v) is 7.69. The van der Waals surface area contributed by atoms with Gasteiger partial charge in [0.1, 0.15) is 29.4 Å². The lowest BCUT2D eigenvalue weighted by molar-refractivity contribution is -0.114. The molecule has 9 nitrogen and oxygen atoms in total. The van der Waals surface area contributed by atoms with E-state index in [4.69, 9.17) is 4.74 Å². The van der Waals surface area contributed by atoms with Crippen molar-refractivity contribution >= 4 is 17.4 Å². The van der Waals surface area contributed by atoms with Crippen LogP contribution in [0.1, 0.15) is 35.2 Å². The first-order chi connectivity index (χ1) is 14.9. The summed E-state index contributed by atoms with van der Waals surface area (Å²) in [6.07, 6.45) is 0.690. The molecule has 2 heterocycles. The standard InChI is InChI=1S/C21H24FN5O4/c1-10-5-12(22)6-11(19(10)31-2)7-24-21(30)17-16-14(8-23-17)25-9-26-20(16)27-13-3-4-15(28)18(13)29/h5-6,9,13,15,18,28-29H,3-4,7-8H2,1-2H3,(H,24,30)(H,25,26,27)/t13-,15-,18+/m1/s1. The highest BCUT2D eigenvalue weighted by atomic mass is 19.1. The summed E-state index contributed by atoms with van der Waals surface area (Å²) in [6.45, 7) is 2.01. The molecule has 1 aromatic carbocycles. The van der Waals surface area contributed by atoms with E-state index in [2.05, 4.69) is 25.6 Å². The zero-order valence-corrected chi connectivity index (χ0v) is 17.2. The Hall–Kier alpha value is -3.11. The lowest BCUT2D eigenvalue weighted by atomic mass is 10.1. The second-order valence-electron chi connectivity index (χ2n) is 7.69. The van der Waals surface area contributed by atoms with Gasteiger partial charge >= 0.3 is 0 Å². The van der Waals surface area contributed by atoms with Gasteiger partial charge in [-0.2, -0.15) is 0 Å². The minimum absolute atomic E-state index is 0.0545. The molecule has 1 saturated carbocycles. The maximum atomic E-state index is 13.8. The fourth-order valence-electron chi connectivity index (χ4n) is 4.09. The molecule has 1 aromatic heterocycles. The number of halogens is 1. The molecule has 0 bridgehead atoms. The SMILES string of the molecule is COc1c(C)cc(F)cc1CNC(=O)C1=NCc2ncnc(N[C@@H]3CC[C@@H](O)[C@H]3O)c21. The maximum absolute atomic E-state index is 13.8. The Bertz CT molecular complexity index is 1040. The number of aliphatic hydroxyl groups excluding tert-OH is 2. The van der Waals surface area contributed by atoms with Crippen LogP contribution in [0, 0.1) is 12.7 Å². The third kappa shape index (κ3) is 4.08. The molecular formula is C21H24FN5O4. The van der Waals surface area contributed by atoms with Gasteiger partial charge in [0.05, 0.1) is 43.2 Å². The number of carbonyl (C=O) groups is 1. The van der Waals surface area contributed by atoms with Crippen LogP contribution in [0.4, 0.5) is 10.2 Å². The van der Waals surface area contributed by atoms with Crippen LogP contribution in [0.3, 0.4) is 0 Å². The fraction of sp³-hybridized carbons (Fsp3) is 0.429. The van der Waals surface area contributed by atoms with Gasteiger partial charge in [-0.05, 0) is 37.5 Å². The quantitative estimate of drug-likeness (QED) is 0.536. The topological polar surface area (TPSA) is 129 Å². The Kier molecular flexibility index (Phi) is 5.84. The van der Waals surface area contributed by atoms with Crippen molar-refractivity contribution < 1.29 is 24.1 Å². The minimum atomic E-state index is -0.926. The number of ether oxygens (including phenoxy) is 1. The van der Waals surface area contributed by atoms with E-state index < -0.39 is 30.0 Å². The number of carbonyl (C=O) groups excluding carboxylic acids is 1. The molecule has 31 heavy (non-hydrogen) atoms. The maximum Gasteiger partial charge on any atom is 0.270 e. The number of aliphatic imine (C=N–C) groups is 1. The Morgan fingerprint density at radius 1 is 1.29 bits per heavy atom. The van der Waals surface area contributed by atoms with Crippen molar-refractivity contribution in [1.29, 1.82) is 0 Å². The number of aromatic nitrogens is 2. The van der Waals surface area contributed by atoms with Crippen LogP contribution in [0.2, 0.25) is 0 Å². The molecule has 1 aliphatic heterocycles. The van der Waals surface area contributed by atoms with Crippen molar-refractivity contribution in [1.82, 2.24) is 15.3 Å².